The Bertz CT molecular complexity index is 888. The molecule has 1 saturated heterocycles. The standard InChI is InChI=1S/C17H19N7O2/c18-5-3-13(25)23-7-9-24(10-8-23)15-12-4-6-19-14(12)20-17(21-15)22-16(26)11-1-2-11/h4,6,11H,1-3,7-10H2,(H2,19,20,21,22,26). The Morgan fingerprint density at radius 2 is 2.04 bits per heavy atom. The highest BCUT2D eigenvalue weighted by Gasteiger charge is 2.30. The van der Waals surface area contributed by atoms with E-state index in [0.29, 0.717) is 37.8 Å². The molecule has 2 aliphatic rings. The van der Waals surface area contributed by atoms with Crippen molar-refractivity contribution in [2.45, 2.75) is 19.3 Å². The summed E-state index contributed by atoms with van der Waals surface area (Å²) in [5.41, 5.74) is 0.670. The van der Waals surface area contributed by atoms with E-state index in [1.807, 2.05) is 12.1 Å². The molecule has 0 atom stereocenters. The first-order chi connectivity index (χ1) is 12.7. The summed E-state index contributed by atoms with van der Waals surface area (Å²) in [6.45, 7) is 2.31. The SMILES string of the molecule is N#CCC(=O)N1CCN(c2nc(NC(=O)C3CC3)nc3[nH]ccc23)CC1. The number of nitrogens with zero attached hydrogens (tertiary/aromatic N) is 5. The zero-order valence-corrected chi connectivity index (χ0v) is 14.2. The van der Waals surface area contributed by atoms with Crippen LogP contribution in [0.4, 0.5) is 11.8 Å². The third-order valence-electron chi connectivity index (χ3n) is 4.74. The van der Waals surface area contributed by atoms with Crippen molar-refractivity contribution >= 4 is 34.6 Å². The van der Waals surface area contributed by atoms with Crippen LogP contribution in [0.25, 0.3) is 11.0 Å². The fourth-order valence-corrected chi connectivity index (χ4v) is 3.13. The molecular weight excluding hydrogens is 334 g/mol. The number of hydrogen-bond donors (Lipinski definition) is 2. The lowest BCUT2D eigenvalue weighted by atomic mass is 10.2. The number of hydrogen-bond acceptors (Lipinski definition) is 6. The minimum absolute atomic E-state index is 0.0335. The van der Waals surface area contributed by atoms with Gasteiger partial charge in [0.25, 0.3) is 0 Å². The van der Waals surface area contributed by atoms with Crippen molar-refractivity contribution in [1.82, 2.24) is 19.9 Å². The highest BCUT2D eigenvalue weighted by atomic mass is 16.2. The number of nitrogens with one attached hydrogen (secondary N) is 2. The van der Waals surface area contributed by atoms with Crippen LogP contribution in [0.1, 0.15) is 19.3 Å². The lowest BCUT2D eigenvalue weighted by Gasteiger charge is -2.35. The fourth-order valence-electron chi connectivity index (χ4n) is 3.13. The van der Waals surface area contributed by atoms with Crippen molar-refractivity contribution in [1.29, 1.82) is 5.26 Å². The second-order valence-corrected chi connectivity index (χ2v) is 6.58. The van der Waals surface area contributed by atoms with Gasteiger partial charge in [0.1, 0.15) is 17.9 Å². The van der Waals surface area contributed by atoms with E-state index in [1.165, 1.54) is 0 Å². The van der Waals surface area contributed by atoms with Gasteiger partial charge in [0.15, 0.2) is 0 Å². The van der Waals surface area contributed by atoms with Crippen molar-refractivity contribution in [3.05, 3.63) is 12.3 Å². The Hall–Kier alpha value is -3.15. The molecule has 26 heavy (non-hydrogen) atoms. The number of H-pyrrole nitrogens is 1. The molecule has 0 bridgehead atoms. The summed E-state index contributed by atoms with van der Waals surface area (Å²) in [5, 5.41) is 12.4. The van der Waals surface area contributed by atoms with E-state index in [1.54, 1.807) is 11.1 Å². The molecule has 1 saturated carbocycles. The molecule has 0 radical (unpaired) electrons. The maximum atomic E-state index is 12.0. The largest absolute Gasteiger partial charge is 0.352 e. The molecule has 2 amide bonds. The molecule has 0 spiro atoms. The van der Waals surface area contributed by atoms with Gasteiger partial charge in [0.05, 0.1) is 11.5 Å². The predicted octanol–water partition coefficient (Wildman–Crippen LogP) is 0.869. The Labute approximate surface area is 150 Å². The van der Waals surface area contributed by atoms with Crippen LogP contribution in [0.2, 0.25) is 0 Å². The summed E-state index contributed by atoms with van der Waals surface area (Å²) < 4.78 is 0. The third kappa shape index (κ3) is 3.18. The second-order valence-electron chi connectivity index (χ2n) is 6.58. The first kappa shape index (κ1) is 16.3. The zero-order chi connectivity index (χ0) is 18.1. The van der Waals surface area contributed by atoms with E-state index in [2.05, 4.69) is 25.2 Å². The number of fused-ring (bicyclic) bond motifs is 1. The lowest BCUT2D eigenvalue weighted by Crippen LogP contribution is -2.49. The molecule has 1 aliphatic carbocycles. The molecule has 1 aliphatic heterocycles. The molecule has 3 heterocycles. The van der Waals surface area contributed by atoms with Crippen LogP contribution in [0.3, 0.4) is 0 Å². The molecule has 2 aromatic rings. The highest BCUT2D eigenvalue weighted by Crippen LogP contribution is 2.31. The van der Waals surface area contributed by atoms with Crippen molar-refractivity contribution < 1.29 is 9.59 Å². The van der Waals surface area contributed by atoms with Crippen LogP contribution >= 0.6 is 0 Å². The monoisotopic (exact) mass is 353 g/mol. The number of amides is 2. The van der Waals surface area contributed by atoms with Gasteiger partial charge >= 0.3 is 0 Å². The molecule has 2 fully saturated rings. The Kier molecular flexibility index (Phi) is 4.16. The average Bonchev–Trinajstić information content (AvgIpc) is 3.40. The number of aromatic nitrogens is 3. The number of anilines is 2. The highest BCUT2D eigenvalue weighted by molar-refractivity contribution is 5.95. The summed E-state index contributed by atoms with van der Waals surface area (Å²) in [7, 11) is 0. The van der Waals surface area contributed by atoms with Crippen molar-refractivity contribution in [2.24, 2.45) is 5.92 Å². The first-order valence-electron chi connectivity index (χ1n) is 8.71. The van der Waals surface area contributed by atoms with E-state index in [9.17, 15) is 9.59 Å². The van der Waals surface area contributed by atoms with Gasteiger partial charge in [-0.15, -0.1) is 0 Å². The summed E-state index contributed by atoms with van der Waals surface area (Å²) in [6.07, 6.45) is 3.54. The first-order valence-corrected chi connectivity index (χ1v) is 8.71. The van der Waals surface area contributed by atoms with Gasteiger partial charge in [-0.3, -0.25) is 14.9 Å². The van der Waals surface area contributed by atoms with E-state index in [0.717, 1.165) is 24.0 Å². The topological polar surface area (TPSA) is 118 Å². The Morgan fingerprint density at radius 1 is 1.27 bits per heavy atom. The summed E-state index contributed by atoms with van der Waals surface area (Å²) in [6, 6.07) is 3.81. The van der Waals surface area contributed by atoms with Crippen LogP contribution < -0.4 is 10.2 Å². The van der Waals surface area contributed by atoms with Gasteiger partial charge in [-0.2, -0.15) is 15.2 Å². The van der Waals surface area contributed by atoms with Crippen LogP contribution in [0, 0.1) is 17.2 Å². The third-order valence-corrected chi connectivity index (χ3v) is 4.74. The Balaban J connectivity index is 1.54. The number of aromatic amines is 1. The van der Waals surface area contributed by atoms with Crippen molar-refractivity contribution in [3.8, 4) is 6.07 Å². The quantitative estimate of drug-likeness (QED) is 0.842. The molecule has 9 nitrogen and oxygen atoms in total. The zero-order valence-electron chi connectivity index (χ0n) is 14.2. The van der Waals surface area contributed by atoms with E-state index >= 15 is 0 Å². The Morgan fingerprint density at radius 3 is 2.73 bits per heavy atom. The van der Waals surface area contributed by atoms with Crippen LogP contribution in [0.5, 0.6) is 0 Å². The summed E-state index contributed by atoms with van der Waals surface area (Å²) in [5.74, 6) is 0.952. The van der Waals surface area contributed by atoms with E-state index < -0.39 is 0 Å². The smallest absolute Gasteiger partial charge is 0.236 e. The second kappa shape index (κ2) is 6.63. The lowest BCUT2D eigenvalue weighted by molar-refractivity contribution is -0.130. The predicted molar refractivity (Wildman–Crippen MR) is 94.3 cm³/mol. The number of carbonyl (C=O) groups excluding carboxylic acids is 2. The minimum Gasteiger partial charge on any atom is -0.352 e. The van der Waals surface area contributed by atoms with Crippen LogP contribution in [-0.4, -0.2) is 57.8 Å². The van der Waals surface area contributed by atoms with Crippen molar-refractivity contribution in [2.75, 3.05) is 36.4 Å². The van der Waals surface area contributed by atoms with Crippen molar-refractivity contribution in [3.63, 3.8) is 0 Å². The molecule has 0 aromatic carbocycles. The molecule has 134 valence electrons. The minimum atomic E-state index is -0.140. The van der Waals surface area contributed by atoms with Crippen LogP contribution in [0.15, 0.2) is 12.3 Å². The summed E-state index contributed by atoms with van der Waals surface area (Å²) in [4.78, 5) is 39.7. The number of carbonyl (C=O) groups is 2. The maximum Gasteiger partial charge on any atom is 0.236 e. The number of piperazine rings is 1. The van der Waals surface area contributed by atoms with Gasteiger partial charge in [0, 0.05) is 38.3 Å². The van der Waals surface area contributed by atoms with Crippen LogP contribution in [-0.2, 0) is 9.59 Å². The molecule has 9 heteroatoms. The normalized spacial score (nSPS) is 17.2. The molecule has 0 unspecified atom stereocenters. The molecule has 4 rings (SSSR count). The van der Waals surface area contributed by atoms with E-state index in [-0.39, 0.29) is 24.2 Å². The number of rotatable bonds is 4. The van der Waals surface area contributed by atoms with Gasteiger partial charge in [-0.1, -0.05) is 0 Å². The summed E-state index contributed by atoms with van der Waals surface area (Å²) >= 11 is 0. The van der Waals surface area contributed by atoms with Gasteiger partial charge < -0.3 is 14.8 Å². The molecule has 2 aromatic heterocycles. The van der Waals surface area contributed by atoms with Gasteiger partial charge in [-0.05, 0) is 18.9 Å². The number of nitriles is 1. The molecule has 2 N–H and O–H groups in total. The van der Waals surface area contributed by atoms with E-state index in [4.69, 9.17) is 5.26 Å². The van der Waals surface area contributed by atoms with Gasteiger partial charge in [-0.25, -0.2) is 0 Å². The fraction of sp³-hybridized carbons (Fsp3) is 0.471. The molecular formula is C17H19N7O2. The average molecular weight is 353 g/mol. The van der Waals surface area contributed by atoms with Gasteiger partial charge in [0.2, 0.25) is 17.8 Å². The maximum absolute atomic E-state index is 12.0.